The van der Waals surface area contributed by atoms with Gasteiger partial charge in [-0.15, -0.1) is 0 Å². The van der Waals surface area contributed by atoms with Crippen LogP contribution in [-0.4, -0.2) is 163 Å². The first-order valence-electron chi connectivity index (χ1n) is 10.9. The minimum Gasteiger partial charge on any atom is -0.394 e. The van der Waals surface area contributed by atoms with E-state index >= 15 is 0 Å². The normalized spacial score (nSPS) is 51.0. The van der Waals surface area contributed by atoms with E-state index in [1.165, 1.54) is 6.92 Å². The van der Waals surface area contributed by atoms with E-state index in [0.717, 1.165) is 0 Å². The van der Waals surface area contributed by atoms with Crippen LogP contribution in [0.3, 0.4) is 0 Å². The lowest BCUT2D eigenvalue weighted by atomic mass is 9.96. The summed E-state index contributed by atoms with van der Waals surface area (Å²) in [5, 5.41) is 99.3. The first kappa shape index (κ1) is 30.6. The maximum absolute atomic E-state index is 10.2. The van der Waals surface area contributed by atoms with Gasteiger partial charge in [0.15, 0.2) is 12.6 Å². The SMILES string of the molecule is C.C[C@H]1OC(CO[C@@H]2OC(CO[C@@H]3O[C@H](CO)[C@@H](O)[C@H](O)[C@H]3O)[C@@H](O)[C@H](O)[C@H]2O)[C@@H](O)[C@H](O)[C@H]1O. The van der Waals surface area contributed by atoms with Gasteiger partial charge in [0.05, 0.1) is 25.9 Å². The fourth-order valence-corrected chi connectivity index (χ4v) is 4.05. The molecule has 3 fully saturated rings. The second kappa shape index (κ2) is 12.8. The molecule has 3 saturated heterocycles. The van der Waals surface area contributed by atoms with Gasteiger partial charge >= 0.3 is 0 Å². The number of hydrogen-bond donors (Lipinski definition) is 10. The van der Waals surface area contributed by atoms with Gasteiger partial charge in [0, 0.05) is 0 Å². The first-order chi connectivity index (χ1) is 16.0. The number of ether oxygens (including phenoxy) is 5. The van der Waals surface area contributed by atoms with Gasteiger partial charge in [-0.2, -0.15) is 0 Å². The van der Waals surface area contributed by atoms with E-state index in [0.29, 0.717) is 0 Å². The van der Waals surface area contributed by atoms with Crippen LogP contribution in [0.2, 0.25) is 0 Å². The molecule has 2 unspecified atom stereocenters. The second-order valence-corrected chi connectivity index (χ2v) is 8.73. The summed E-state index contributed by atoms with van der Waals surface area (Å²) in [6, 6.07) is 0. The van der Waals surface area contributed by atoms with Crippen molar-refractivity contribution in [2.24, 2.45) is 0 Å². The molecule has 15 atom stereocenters. The number of aliphatic hydroxyl groups excluding tert-OH is 10. The Bertz CT molecular complexity index is 640. The van der Waals surface area contributed by atoms with Gasteiger partial charge in [-0.05, 0) is 6.92 Å². The summed E-state index contributed by atoms with van der Waals surface area (Å²) < 4.78 is 26.8. The third kappa shape index (κ3) is 6.46. The molecule has 0 aromatic carbocycles. The van der Waals surface area contributed by atoms with Crippen LogP contribution < -0.4 is 0 Å². The molecule has 208 valence electrons. The molecule has 0 saturated carbocycles. The highest BCUT2D eigenvalue weighted by atomic mass is 16.7. The van der Waals surface area contributed by atoms with Crippen molar-refractivity contribution in [2.75, 3.05) is 19.8 Å². The summed E-state index contributed by atoms with van der Waals surface area (Å²) in [6.07, 6.45) is -21.9. The average molecular weight is 519 g/mol. The van der Waals surface area contributed by atoms with Gasteiger partial charge < -0.3 is 74.7 Å². The van der Waals surface area contributed by atoms with Crippen LogP contribution in [0.5, 0.6) is 0 Å². The third-order valence-electron chi connectivity index (χ3n) is 6.32. The van der Waals surface area contributed by atoms with Crippen LogP contribution in [0.4, 0.5) is 0 Å². The molecule has 15 nitrogen and oxygen atoms in total. The van der Waals surface area contributed by atoms with Crippen molar-refractivity contribution in [3.63, 3.8) is 0 Å². The van der Waals surface area contributed by atoms with E-state index in [1.807, 2.05) is 0 Å². The summed E-state index contributed by atoms with van der Waals surface area (Å²) in [7, 11) is 0. The van der Waals surface area contributed by atoms with E-state index < -0.39 is 112 Å². The van der Waals surface area contributed by atoms with Gasteiger partial charge in [0.1, 0.15) is 73.2 Å². The van der Waals surface area contributed by atoms with E-state index in [4.69, 9.17) is 23.7 Å². The smallest absolute Gasteiger partial charge is 0.186 e. The average Bonchev–Trinajstić information content (AvgIpc) is 2.82. The molecule has 3 heterocycles. The van der Waals surface area contributed by atoms with Gasteiger partial charge in [0.2, 0.25) is 0 Å². The van der Waals surface area contributed by atoms with Crippen molar-refractivity contribution in [3.8, 4) is 0 Å². The maximum Gasteiger partial charge on any atom is 0.186 e. The summed E-state index contributed by atoms with van der Waals surface area (Å²) in [6.45, 7) is -0.142. The molecule has 0 aromatic rings. The Balaban J connectivity index is 0.00000432. The summed E-state index contributed by atoms with van der Waals surface area (Å²) in [5.74, 6) is 0. The van der Waals surface area contributed by atoms with Crippen LogP contribution in [0.15, 0.2) is 0 Å². The quantitative estimate of drug-likeness (QED) is 0.151. The molecule has 0 spiro atoms. The molecule has 3 rings (SSSR count). The Morgan fingerprint density at radius 3 is 1.34 bits per heavy atom. The number of rotatable bonds is 7. The van der Waals surface area contributed by atoms with Crippen molar-refractivity contribution in [1.82, 2.24) is 0 Å². The van der Waals surface area contributed by atoms with Crippen molar-refractivity contribution < 1.29 is 74.7 Å². The molecule has 0 aromatic heterocycles. The van der Waals surface area contributed by atoms with E-state index in [1.54, 1.807) is 0 Å². The lowest BCUT2D eigenvalue weighted by Crippen LogP contribution is -2.62. The van der Waals surface area contributed by atoms with E-state index in [-0.39, 0.29) is 7.43 Å². The predicted molar refractivity (Wildman–Crippen MR) is 111 cm³/mol. The minimum atomic E-state index is -1.74. The largest absolute Gasteiger partial charge is 0.394 e. The van der Waals surface area contributed by atoms with Crippen molar-refractivity contribution in [1.29, 1.82) is 0 Å². The predicted octanol–water partition coefficient (Wildman–Crippen LogP) is -5.87. The lowest BCUT2D eigenvalue weighted by molar-refractivity contribution is -0.335. The minimum absolute atomic E-state index is 0. The van der Waals surface area contributed by atoms with E-state index in [9.17, 15) is 51.1 Å². The van der Waals surface area contributed by atoms with Crippen LogP contribution in [0.1, 0.15) is 14.4 Å². The Kier molecular flexibility index (Phi) is 11.2. The fraction of sp³-hybridized carbons (Fsp3) is 1.00. The molecule has 0 bridgehead atoms. The highest BCUT2D eigenvalue weighted by Crippen LogP contribution is 2.27. The third-order valence-corrected chi connectivity index (χ3v) is 6.32. The Hall–Kier alpha value is -0.600. The highest BCUT2D eigenvalue weighted by Gasteiger charge is 2.48. The zero-order valence-electron chi connectivity index (χ0n) is 18.3. The monoisotopic (exact) mass is 518 g/mol. The molecule has 35 heavy (non-hydrogen) atoms. The van der Waals surface area contributed by atoms with Crippen molar-refractivity contribution in [3.05, 3.63) is 0 Å². The summed E-state index contributed by atoms with van der Waals surface area (Å²) >= 11 is 0. The number of hydrogen-bond acceptors (Lipinski definition) is 15. The Morgan fingerprint density at radius 2 is 0.886 bits per heavy atom. The molecule has 0 radical (unpaired) electrons. The molecule has 0 amide bonds. The first-order valence-corrected chi connectivity index (χ1v) is 10.9. The Labute approximate surface area is 201 Å². The van der Waals surface area contributed by atoms with Crippen LogP contribution in [0, 0.1) is 0 Å². The Morgan fingerprint density at radius 1 is 0.514 bits per heavy atom. The molecule has 10 N–H and O–H groups in total. The van der Waals surface area contributed by atoms with Crippen molar-refractivity contribution >= 4 is 0 Å². The van der Waals surface area contributed by atoms with Crippen molar-refractivity contribution in [2.45, 2.75) is 106 Å². The zero-order valence-corrected chi connectivity index (χ0v) is 18.3. The molecule has 3 aliphatic heterocycles. The molecule has 0 aliphatic carbocycles. The molecule has 3 aliphatic rings. The van der Waals surface area contributed by atoms with Gasteiger partial charge in [-0.25, -0.2) is 0 Å². The maximum atomic E-state index is 10.2. The van der Waals surface area contributed by atoms with Gasteiger partial charge in [0.25, 0.3) is 0 Å². The zero-order chi connectivity index (χ0) is 25.3. The highest BCUT2D eigenvalue weighted by molar-refractivity contribution is 4.93. The van der Waals surface area contributed by atoms with Gasteiger partial charge in [-0.1, -0.05) is 7.43 Å². The standard InChI is InChI=1S/C19H34O15.CH4/c1-5-9(21)13(25)11(23)7(32-5)3-30-19-17(29)15(27)12(24)8(34-19)4-31-18-16(28)14(26)10(22)6(2-20)33-18;/h5-29H,2-4H2,1H3;1H4/t5-,6-,7?,8?,9+,10-,11-,12-,13-,14+,15+,16-,17-,18-,19-;/m1./s1. The topological polar surface area (TPSA) is 248 Å². The lowest BCUT2D eigenvalue weighted by Gasteiger charge is -2.43. The van der Waals surface area contributed by atoms with Gasteiger partial charge in [-0.3, -0.25) is 0 Å². The molecular weight excluding hydrogens is 480 g/mol. The summed E-state index contributed by atoms with van der Waals surface area (Å²) in [5.41, 5.74) is 0. The van der Waals surface area contributed by atoms with Crippen LogP contribution in [0.25, 0.3) is 0 Å². The van der Waals surface area contributed by atoms with Crippen LogP contribution in [-0.2, 0) is 23.7 Å². The fourth-order valence-electron chi connectivity index (χ4n) is 4.05. The molecular formula is C20H38O15. The second-order valence-electron chi connectivity index (χ2n) is 8.73. The van der Waals surface area contributed by atoms with E-state index in [2.05, 4.69) is 0 Å². The summed E-state index contributed by atoms with van der Waals surface area (Å²) in [4.78, 5) is 0. The molecule has 15 heteroatoms. The van der Waals surface area contributed by atoms with Crippen LogP contribution >= 0.6 is 0 Å². The number of aliphatic hydroxyl groups is 10.